The van der Waals surface area contributed by atoms with E-state index in [-0.39, 0.29) is 11.5 Å². The fourth-order valence-electron chi connectivity index (χ4n) is 1.73. The number of pyridine rings is 1. The zero-order chi connectivity index (χ0) is 16.3. The number of nitrogens with zero attached hydrogens (tertiary/aromatic N) is 1. The van der Waals surface area contributed by atoms with Crippen LogP contribution in [0.1, 0.15) is 33.5 Å². The largest absolute Gasteiger partial charge is 0.433 e. The van der Waals surface area contributed by atoms with Gasteiger partial charge in [0.05, 0.1) is 0 Å². The molecule has 1 aromatic heterocycles. The van der Waals surface area contributed by atoms with Crippen LogP contribution in [0, 0.1) is 0 Å². The summed E-state index contributed by atoms with van der Waals surface area (Å²) in [6.07, 6.45) is -4.62. The van der Waals surface area contributed by atoms with Crippen LogP contribution in [0.5, 0.6) is 0 Å². The number of nitrogens with one attached hydrogen (secondary N) is 1. The Bertz CT molecular complexity index is 727. The van der Waals surface area contributed by atoms with Gasteiger partial charge in [0.1, 0.15) is 11.4 Å². The Hall–Kier alpha value is -2.70. The van der Waals surface area contributed by atoms with E-state index >= 15 is 0 Å². The van der Waals surface area contributed by atoms with E-state index in [9.17, 15) is 22.8 Å². The van der Waals surface area contributed by atoms with E-state index in [0.717, 1.165) is 12.1 Å². The minimum absolute atomic E-state index is 0.187. The van der Waals surface area contributed by atoms with E-state index in [2.05, 4.69) is 10.3 Å². The molecule has 0 saturated heterocycles. The molecule has 0 spiro atoms. The van der Waals surface area contributed by atoms with Crippen molar-refractivity contribution < 1.29 is 22.8 Å². The third kappa shape index (κ3) is 3.69. The van der Waals surface area contributed by atoms with Gasteiger partial charge in [0.25, 0.3) is 5.91 Å². The van der Waals surface area contributed by atoms with Gasteiger partial charge in [0, 0.05) is 11.3 Å². The molecular weight excluding hydrogens is 297 g/mol. The molecule has 4 nitrogen and oxygen atoms in total. The average molecular weight is 308 g/mol. The molecule has 114 valence electrons. The van der Waals surface area contributed by atoms with E-state index in [0.29, 0.717) is 11.3 Å². The lowest BCUT2D eigenvalue weighted by Crippen LogP contribution is -2.17. The zero-order valence-electron chi connectivity index (χ0n) is 11.4. The maximum Gasteiger partial charge on any atom is 0.433 e. The van der Waals surface area contributed by atoms with Crippen molar-refractivity contribution in [2.75, 3.05) is 5.32 Å². The number of halogens is 3. The average Bonchev–Trinajstić information content (AvgIpc) is 2.46. The summed E-state index contributed by atoms with van der Waals surface area (Å²) in [4.78, 5) is 26.5. The number of rotatable bonds is 3. The van der Waals surface area contributed by atoms with E-state index in [1.165, 1.54) is 25.1 Å². The van der Waals surface area contributed by atoms with Crippen molar-refractivity contribution in [2.24, 2.45) is 0 Å². The number of amides is 1. The highest BCUT2D eigenvalue weighted by Crippen LogP contribution is 2.27. The predicted molar refractivity (Wildman–Crippen MR) is 73.6 cm³/mol. The van der Waals surface area contributed by atoms with Gasteiger partial charge >= 0.3 is 6.18 Å². The third-order valence-electron chi connectivity index (χ3n) is 2.80. The van der Waals surface area contributed by atoms with Crippen LogP contribution < -0.4 is 5.32 Å². The van der Waals surface area contributed by atoms with Crippen molar-refractivity contribution in [3.63, 3.8) is 0 Å². The van der Waals surface area contributed by atoms with Gasteiger partial charge in [0.2, 0.25) is 0 Å². The number of carbonyl (C=O) groups is 2. The number of anilines is 1. The molecule has 1 aromatic carbocycles. The fourth-order valence-corrected chi connectivity index (χ4v) is 1.73. The number of aromatic nitrogens is 1. The molecule has 0 fully saturated rings. The Balaban J connectivity index is 2.23. The molecule has 7 heteroatoms. The van der Waals surface area contributed by atoms with Crippen LogP contribution in [0.4, 0.5) is 18.9 Å². The number of Topliss-reactive ketones (excluding diaryl/α,β-unsaturated/α-hetero) is 1. The van der Waals surface area contributed by atoms with Crippen LogP contribution in [0.15, 0.2) is 42.5 Å². The van der Waals surface area contributed by atoms with Gasteiger partial charge in [-0.2, -0.15) is 13.2 Å². The minimum Gasteiger partial charge on any atom is -0.321 e. The first kappa shape index (κ1) is 15.7. The summed E-state index contributed by atoms with van der Waals surface area (Å²) in [7, 11) is 0. The quantitative estimate of drug-likeness (QED) is 0.882. The Morgan fingerprint density at radius 3 is 2.41 bits per heavy atom. The lowest BCUT2D eigenvalue weighted by Gasteiger charge is -2.09. The predicted octanol–water partition coefficient (Wildman–Crippen LogP) is 3.56. The topological polar surface area (TPSA) is 59.1 Å². The summed E-state index contributed by atoms with van der Waals surface area (Å²) in [5.41, 5.74) is -0.813. The first-order valence-electron chi connectivity index (χ1n) is 6.24. The molecule has 0 saturated carbocycles. The van der Waals surface area contributed by atoms with Crippen LogP contribution in [0.3, 0.4) is 0 Å². The summed E-state index contributed by atoms with van der Waals surface area (Å²) in [5, 5.41) is 2.41. The number of benzene rings is 1. The molecule has 0 aliphatic heterocycles. The van der Waals surface area contributed by atoms with Gasteiger partial charge in [-0.3, -0.25) is 9.59 Å². The molecule has 0 aliphatic rings. The van der Waals surface area contributed by atoms with Crippen molar-refractivity contribution in [1.82, 2.24) is 4.98 Å². The van der Waals surface area contributed by atoms with Gasteiger partial charge in [-0.1, -0.05) is 18.2 Å². The Kier molecular flexibility index (Phi) is 4.25. The standard InChI is InChI=1S/C15H11F3N2O2/c1-9(21)10-4-2-5-11(8-10)19-14(22)12-6-3-7-13(20-12)15(16,17)18/h2-8H,1H3,(H,19,22). The minimum atomic E-state index is -4.62. The SMILES string of the molecule is CC(=O)c1cccc(NC(=O)c2cccc(C(F)(F)F)n2)c1. The molecule has 1 amide bonds. The Morgan fingerprint density at radius 2 is 1.77 bits per heavy atom. The second-order valence-corrected chi connectivity index (χ2v) is 4.50. The molecule has 0 bridgehead atoms. The normalized spacial score (nSPS) is 11.1. The lowest BCUT2D eigenvalue weighted by molar-refractivity contribution is -0.141. The first-order valence-corrected chi connectivity index (χ1v) is 6.24. The number of hydrogen-bond acceptors (Lipinski definition) is 3. The number of ketones is 1. The van der Waals surface area contributed by atoms with Crippen molar-refractivity contribution in [3.8, 4) is 0 Å². The van der Waals surface area contributed by atoms with Crippen LogP contribution >= 0.6 is 0 Å². The van der Waals surface area contributed by atoms with Crippen LogP contribution in [0.2, 0.25) is 0 Å². The van der Waals surface area contributed by atoms with Crippen LogP contribution in [0.25, 0.3) is 0 Å². The molecular formula is C15H11F3N2O2. The molecule has 0 atom stereocenters. The molecule has 2 rings (SSSR count). The van der Waals surface area contributed by atoms with Gasteiger partial charge < -0.3 is 5.32 Å². The highest BCUT2D eigenvalue weighted by Gasteiger charge is 2.32. The summed E-state index contributed by atoms with van der Waals surface area (Å²) in [6, 6.07) is 9.17. The highest BCUT2D eigenvalue weighted by atomic mass is 19.4. The molecule has 22 heavy (non-hydrogen) atoms. The molecule has 0 aliphatic carbocycles. The lowest BCUT2D eigenvalue weighted by atomic mass is 10.1. The maximum atomic E-state index is 12.6. The van der Waals surface area contributed by atoms with Gasteiger partial charge in [-0.15, -0.1) is 0 Å². The number of carbonyl (C=O) groups excluding carboxylic acids is 2. The monoisotopic (exact) mass is 308 g/mol. The second-order valence-electron chi connectivity index (χ2n) is 4.50. The maximum absolute atomic E-state index is 12.6. The van der Waals surface area contributed by atoms with Gasteiger partial charge in [-0.05, 0) is 31.2 Å². The first-order chi connectivity index (χ1) is 10.3. The van der Waals surface area contributed by atoms with Crippen molar-refractivity contribution in [1.29, 1.82) is 0 Å². The van der Waals surface area contributed by atoms with Gasteiger partial charge in [0.15, 0.2) is 5.78 Å². The summed E-state index contributed by atoms with van der Waals surface area (Å²) in [5.74, 6) is -0.972. The van der Waals surface area contributed by atoms with E-state index in [1.807, 2.05) is 0 Å². The van der Waals surface area contributed by atoms with Crippen LogP contribution in [-0.4, -0.2) is 16.7 Å². The summed E-state index contributed by atoms with van der Waals surface area (Å²) < 4.78 is 37.7. The van der Waals surface area contributed by atoms with E-state index < -0.39 is 17.8 Å². The van der Waals surface area contributed by atoms with Crippen molar-refractivity contribution >= 4 is 17.4 Å². The molecule has 0 radical (unpaired) electrons. The Morgan fingerprint density at radius 1 is 1.09 bits per heavy atom. The molecule has 0 unspecified atom stereocenters. The van der Waals surface area contributed by atoms with E-state index in [1.54, 1.807) is 12.1 Å². The number of hydrogen-bond donors (Lipinski definition) is 1. The number of alkyl halides is 3. The van der Waals surface area contributed by atoms with Gasteiger partial charge in [-0.25, -0.2) is 4.98 Å². The smallest absolute Gasteiger partial charge is 0.321 e. The molecule has 1 heterocycles. The Labute approximate surface area is 124 Å². The van der Waals surface area contributed by atoms with E-state index in [4.69, 9.17) is 0 Å². The fraction of sp³-hybridized carbons (Fsp3) is 0.133. The third-order valence-corrected chi connectivity index (χ3v) is 2.80. The molecule has 2 aromatic rings. The molecule has 1 N–H and O–H groups in total. The second kappa shape index (κ2) is 5.97. The van der Waals surface area contributed by atoms with Crippen LogP contribution in [-0.2, 0) is 6.18 Å². The summed E-state index contributed by atoms with van der Waals surface area (Å²) in [6.45, 7) is 1.37. The van der Waals surface area contributed by atoms with Crippen molar-refractivity contribution in [2.45, 2.75) is 13.1 Å². The summed E-state index contributed by atoms with van der Waals surface area (Å²) >= 11 is 0. The van der Waals surface area contributed by atoms with Crippen molar-refractivity contribution in [3.05, 3.63) is 59.4 Å². The zero-order valence-corrected chi connectivity index (χ0v) is 11.4. The highest BCUT2D eigenvalue weighted by molar-refractivity contribution is 6.03.